The second-order valence-electron chi connectivity index (χ2n) is 6.94. The lowest BCUT2D eigenvalue weighted by molar-refractivity contribution is -0.122. The number of carbonyl (C=O) groups excluding carboxylic acids is 1. The van der Waals surface area contributed by atoms with Gasteiger partial charge in [0.05, 0.1) is 19.4 Å². The van der Waals surface area contributed by atoms with Gasteiger partial charge in [-0.05, 0) is 63.3 Å². The topological polar surface area (TPSA) is 45.5 Å². The Morgan fingerprint density at radius 2 is 2.19 bits per heavy atom. The van der Waals surface area contributed by atoms with Gasteiger partial charge in [0.1, 0.15) is 5.76 Å². The van der Waals surface area contributed by atoms with E-state index in [1.54, 1.807) is 17.6 Å². The molecule has 2 aromatic rings. The first-order valence-electron chi connectivity index (χ1n) is 9.44. The monoisotopic (exact) mass is 372 g/mol. The molecule has 4 nitrogen and oxygen atoms in total. The predicted octanol–water partition coefficient (Wildman–Crippen LogP) is 4.66. The Balaban J connectivity index is 1.50. The highest BCUT2D eigenvalue weighted by Gasteiger charge is 2.14. The van der Waals surface area contributed by atoms with Gasteiger partial charge in [-0.1, -0.05) is 11.6 Å². The van der Waals surface area contributed by atoms with Crippen molar-refractivity contribution < 1.29 is 9.21 Å². The van der Waals surface area contributed by atoms with Crippen molar-refractivity contribution in [2.45, 2.75) is 52.1 Å². The molecule has 1 aliphatic rings. The molecule has 0 unspecified atom stereocenters. The zero-order valence-electron chi connectivity index (χ0n) is 15.5. The van der Waals surface area contributed by atoms with Crippen LogP contribution in [0.1, 0.15) is 47.6 Å². The van der Waals surface area contributed by atoms with Crippen LogP contribution in [0.15, 0.2) is 46.6 Å². The summed E-state index contributed by atoms with van der Waals surface area (Å²) in [6.45, 7) is 4.63. The van der Waals surface area contributed by atoms with Crippen LogP contribution in [0.25, 0.3) is 0 Å². The number of allylic oxidation sites excluding steroid dienone is 1. The van der Waals surface area contributed by atoms with Gasteiger partial charge in [0.2, 0.25) is 5.91 Å². The van der Waals surface area contributed by atoms with E-state index in [1.807, 2.05) is 12.1 Å². The van der Waals surface area contributed by atoms with Crippen molar-refractivity contribution in [3.63, 3.8) is 0 Å². The summed E-state index contributed by atoms with van der Waals surface area (Å²) in [4.78, 5) is 17.1. The molecule has 0 atom stereocenters. The summed E-state index contributed by atoms with van der Waals surface area (Å²) in [5.74, 6) is 0.972. The predicted molar refractivity (Wildman–Crippen MR) is 106 cm³/mol. The molecule has 26 heavy (non-hydrogen) atoms. The minimum Gasteiger partial charge on any atom is -0.468 e. The number of rotatable bonds is 9. The maximum absolute atomic E-state index is 12.4. The van der Waals surface area contributed by atoms with Crippen LogP contribution in [0.3, 0.4) is 0 Å². The molecule has 2 aromatic heterocycles. The van der Waals surface area contributed by atoms with Gasteiger partial charge >= 0.3 is 0 Å². The number of hydrogen-bond donors (Lipinski definition) is 1. The molecule has 1 amide bonds. The average Bonchev–Trinajstić information content (AvgIpc) is 3.27. The van der Waals surface area contributed by atoms with Gasteiger partial charge in [-0.15, -0.1) is 11.3 Å². The number of hydrogen-bond acceptors (Lipinski definition) is 4. The largest absolute Gasteiger partial charge is 0.468 e. The first kappa shape index (κ1) is 18.9. The standard InChI is InChI=1S/C21H28N2O2S/c1-17-9-10-20(26-17)15-23(14-19-8-5-13-25-19)16-21(24)22-12-11-18-6-3-2-4-7-18/h5-6,8-10,13H,2-4,7,11-12,14-16H2,1H3,(H,22,24). The molecule has 0 saturated carbocycles. The Hall–Kier alpha value is -1.85. The number of thiophene rings is 1. The van der Waals surface area contributed by atoms with E-state index in [2.05, 4.69) is 35.3 Å². The van der Waals surface area contributed by atoms with E-state index in [0.717, 1.165) is 25.3 Å². The van der Waals surface area contributed by atoms with Crippen molar-refractivity contribution in [3.8, 4) is 0 Å². The third-order valence-corrected chi connectivity index (χ3v) is 5.64. The summed E-state index contributed by atoms with van der Waals surface area (Å²) in [6, 6.07) is 8.12. The van der Waals surface area contributed by atoms with Gasteiger partial charge < -0.3 is 9.73 Å². The van der Waals surface area contributed by atoms with Crippen LogP contribution >= 0.6 is 11.3 Å². The lowest BCUT2D eigenvalue weighted by Gasteiger charge is -2.20. The molecular weight excluding hydrogens is 344 g/mol. The van der Waals surface area contributed by atoms with Crippen LogP contribution in [0.2, 0.25) is 0 Å². The van der Waals surface area contributed by atoms with E-state index >= 15 is 0 Å². The van der Waals surface area contributed by atoms with E-state index < -0.39 is 0 Å². The minimum absolute atomic E-state index is 0.0845. The fraction of sp³-hybridized carbons (Fsp3) is 0.476. The fourth-order valence-corrected chi connectivity index (χ4v) is 4.27. The lowest BCUT2D eigenvalue weighted by Crippen LogP contribution is -2.37. The van der Waals surface area contributed by atoms with Crippen molar-refractivity contribution in [1.82, 2.24) is 10.2 Å². The number of amides is 1. The summed E-state index contributed by atoms with van der Waals surface area (Å²) in [5, 5.41) is 3.08. The van der Waals surface area contributed by atoms with Gasteiger partial charge in [-0.2, -0.15) is 0 Å². The highest BCUT2D eigenvalue weighted by Crippen LogP contribution is 2.20. The molecule has 5 heteroatoms. The Morgan fingerprint density at radius 1 is 1.27 bits per heavy atom. The second-order valence-corrected chi connectivity index (χ2v) is 8.32. The number of furan rings is 1. The maximum Gasteiger partial charge on any atom is 0.234 e. The summed E-state index contributed by atoms with van der Waals surface area (Å²) in [6.07, 6.45) is 9.99. The molecule has 1 N–H and O–H groups in total. The van der Waals surface area contributed by atoms with E-state index in [1.165, 1.54) is 41.0 Å². The average molecular weight is 373 g/mol. The molecule has 140 valence electrons. The van der Waals surface area contributed by atoms with E-state index in [0.29, 0.717) is 13.1 Å². The Labute approximate surface area is 159 Å². The molecule has 0 aromatic carbocycles. The molecule has 2 heterocycles. The summed E-state index contributed by atoms with van der Waals surface area (Å²) in [5.41, 5.74) is 1.50. The Morgan fingerprint density at radius 3 is 2.88 bits per heavy atom. The first-order chi connectivity index (χ1) is 12.7. The van der Waals surface area contributed by atoms with Gasteiger partial charge in [0.25, 0.3) is 0 Å². The van der Waals surface area contributed by atoms with Crippen LogP contribution in [-0.4, -0.2) is 23.9 Å². The van der Waals surface area contributed by atoms with Crippen LogP contribution in [0, 0.1) is 6.92 Å². The molecule has 0 aliphatic heterocycles. The van der Waals surface area contributed by atoms with Crippen molar-refractivity contribution in [2.75, 3.05) is 13.1 Å². The number of aryl methyl sites for hydroxylation is 1. The molecule has 3 rings (SSSR count). The summed E-state index contributed by atoms with van der Waals surface area (Å²) < 4.78 is 5.47. The second kappa shape index (κ2) is 9.74. The fourth-order valence-electron chi connectivity index (χ4n) is 3.33. The minimum atomic E-state index is 0.0845. The SMILES string of the molecule is Cc1ccc(CN(CC(=O)NCCC2=CCCCC2)Cc2ccco2)s1. The summed E-state index contributed by atoms with van der Waals surface area (Å²) in [7, 11) is 0. The molecule has 0 saturated heterocycles. The highest BCUT2D eigenvalue weighted by molar-refractivity contribution is 7.11. The van der Waals surface area contributed by atoms with Crippen molar-refractivity contribution >= 4 is 17.2 Å². The van der Waals surface area contributed by atoms with Crippen molar-refractivity contribution in [2.24, 2.45) is 0 Å². The van der Waals surface area contributed by atoms with Crippen molar-refractivity contribution in [1.29, 1.82) is 0 Å². The third kappa shape index (κ3) is 6.15. The Kier molecular flexibility index (Phi) is 7.09. The first-order valence-corrected chi connectivity index (χ1v) is 10.3. The van der Waals surface area contributed by atoms with Gasteiger partial charge in [-0.3, -0.25) is 9.69 Å². The van der Waals surface area contributed by atoms with E-state index in [9.17, 15) is 4.79 Å². The van der Waals surface area contributed by atoms with Crippen LogP contribution in [0.4, 0.5) is 0 Å². The number of carbonyl (C=O) groups is 1. The van der Waals surface area contributed by atoms with E-state index in [-0.39, 0.29) is 5.91 Å². The lowest BCUT2D eigenvalue weighted by atomic mass is 9.97. The third-order valence-electron chi connectivity index (χ3n) is 4.66. The quantitative estimate of drug-likeness (QED) is 0.651. The maximum atomic E-state index is 12.4. The van der Waals surface area contributed by atoms with E-state index in [4.69, 9.17) is 4.42 Å². The van der Waals surface area contributed by atoms with Gasteiger partial charge in [-0.25, -0.2) is 0 Å². The molecule has 0 radical (unpaired) electrons. The van der Waals surface area contributed by atoms with Crippen LogP contribution < -0.4 is 5.32 Å². The molecule has 0 bridgehead atoms. The smallest absolute Gasteiger partial charge is 0.234 e. The van der Waals surface area contributed by atoms with Gasteiger partial charge in [0.15, 0.2) is 0 Å². The molecule has 0 spiro atoms. The summed E-state index contributed by atoms with van der Waals surface area (Å²) >= 11 is 1.78. The Bertz CT molecular complexity index is 718. The zero-order valence-corrected chi connectivity index (χ0v) is 16.3. The van der Waals surface area contributed by atoms with Crippen LogP contribution in [-0.2, 0) is 17.9 Å². The zero-order chi connectivity index (χ0) is 18.2. The number of nitrogens with one attached hydrogen (secondary N) is 1. The number of nitrogens with zero attached hydrogens (tertiary/aromatic N) is 1. The highest BCUT2D eigenvalue weighted by atomic mass is 32.1. The van der Waals surface area contributed by atoms with Gasteiger partial charge in [0, 0.05) is 22.8 Å². The molecular formula is C21H28N2O2S. The normalized spacial score (nSPS) is 14.5. The molecule has 1 aliphatic carbocycles. The van der Waals surface area contributed by atoms with Crippen molar-refractivity contribution in [3.05, 3.63) is 57.7 Å². The van der Waals surface area contributed by atoms with Crippen LogP contribution in [0.5, 0.6) is 0 Å². The molecule has 0 fully saturated rings.